The van der Waals surface area contributed by atoms with Crippen molar-refractivity contribution in [1.82, 2.24) is 0 Å². The lowest BCUT2D eigenvalue weighted by Gasteiger charge is -2.29. The van der Waals surface area contributed by atoms with Crippen LogP contribution < -0.4 is 0 Å². The second-order valence-corrected chi connectivity index (χ2v) is 13.7. The van der Waals surface area contributed by atoms with Crippen molar-refractivity contribution in [2.24, 2.45) is 0 Å². The van der Waals surface area contributed by atoms with Gasteiger partial charge in [0.1, 0.15) is 0 Å². The van der Waals surface area contributed by atoms with Gasteiger partial charge in [0, 0.05) is 5.50 Å². The Morgan fingerprint density at radius 3 is 1.60 bits per heavy atom. The molecule has 0 aliphatic heterocycles. The second kappa shape index (κ2) is 3.39. The van der Waals surface area contributed by atoms with E-state index in [9.17, 15) is 0 Å². The summed E-state index contributed by atoms with van der Waals surface area (Å²) in [7, 11) is -2.82. The molecular weight excluding hydrogens is 180 g/mol. The molecule has 0 heterocycles. The molecule has 0 aliphatic rings. The predicted octanol–water partition coefficient (Wildman–Crippen LogP) is 2.82. The first-order chi connectivity index (χ1) is 4.27. The minimum atomic E-state index is -1.49. The molecule has 0 saturated carbocycles. The van der Waals surface area contributed by atoms with Gasteiger partial charge in [0.15, 0.2) is 16.6 Å². The zero-order valence-corrected chi connectivity index (χ0v) is 10.2. The van der Waals surface area contributed by atoms with Crippen molar-refractivity contribution in [1.29, 1.82) is 0 Å². The van der Waals surface area contributed by atoms with Crippen LogP contribution in [0.2, 0.25) is 32.7 Å². The van der Waals surface area contributed by atoms with E-state index in [-0.39, 0.29) is 0 Å². The van der Waals surface area contributed by atoms with Gasteiger partial charge in [-0.25, -0.2) is 0 Å². The Labute approximate surface area is 71.0 Å². The van der Waals surface area contributed by atoms with Crippen molar-refractivity contribution in [3.63, 3.8) is 0 Å². The lowest BCUT2D eigenvalue weighted by Crippen LogP contribution is -2.43. The molecular formula is C6H17ClOSi2. The first-order valence-corrected chi connectivity index (χ1v) is 10.6. The van der Waals surface area contributed by atoms with Crippen LogP contribution in [0.5, 0.6) is 0 Å². The van der Waals surface area contributed by atoms with E-state index in [0.717, 1.165) is 0 Å². The highest BCUT2D eigenvalue weighted by molar-refractivity contribution is 6.87. The molecule has 0 aromatic rings. The molecule has 1 nitrogen and oxygen atoms in total. The van der Waals surface area contributed by atoms with Crippen LogP contribution >= 0.6 is 11.6 Å². The molecule has 0 spiro atoms. The van der Waals surface area contributed by atoms with E-state index < -0.39 is 16.6 Å². The molecule has 0 aliphatic carbocycles. The van der Waals surface area contributed by atoms with Gasteiger partial charge in [0.25, 0.3) is 0 Å². The molecule has 0 aromatic heterocycles. The summed E-state index contributed by atoms with van der Waals surface area (Å²) in [6, 6.07) is 0. The van der Waals surface area contributed by atoms with Crippen molar-refractivity contribution in [3.8, 4) is 0 Å². The summed E-state index contributed by atoms with van der Waals surface area (Å²) >= 11 is 5.76. The van der Waals surface area contributed by atoms with E-state index in [0.29, 0.717) is 5.50 Å². The highest BCUT2D eigenvalue weighted by Gasteiger charge is 2.28. The third-order valence-electron chi connectivity index (χ3n) is 0.904. The van der Waals surface area contributed by atoms with Crippen LogP contribution in [0, 0.1) is 0 Å². The molecule has 0 bridgehead atoms. The fraction of sp³-hybridized carbons (Fsp3) is 1.00. The lowest BCUT2D eigenvalue weighted by molar-refractivity contribution is 0.557. The largest absolute Gasteiger partial charge is 0.455 e. The Morgan fingerprint density at radius 2 is 1.50 bits per heavy atom. The van der Waals surface area contributed by atoms with Gasteiger partial charge in [-0.15, -0.1) is 11.6 Å². The zero-order valence-electron chi connectivity index (χ0n) is 7.49. The molecule has 0 unspecified atom stereocenters. The number of hydrogen-bond acceptors (Lipinski definition) is 1. The first-order valence-electron chi connectivity index (χ1n) is 3.53. The molecule has 0 fully saturated rings. The van der Waals surface area contributed by atoms with Crippen molar-refractivity contribution in [2.45, 2.75) is 32.7 Å². The van der Waals surface area contributed by atoms with Crippen LogP contribution in [-0.2, 0) is 4.12 Å². The maximum Gasteiger partial charge on any atom is 0.188 e. The molecule has 0 rings (SSSR count). The summed E-state index contributed by atoms with van der Waals surface area (Å²) < 4.78 is 5.92. The molecule has 0 aromatic carbocycles. The van der Waals surface area contributed by atoms with E-state index in [1.807, 2.05) is 0 Å². The van der Waals surface area contributed by atoms with Crippen molar-refractivity contribution in [3.05, 3.63) is 0 Å². The molecule has 0 atom stereocenters. The third-order valence-corrected chi connectivity index (χ3v) is 8.14. The quantitative estimate of drug-likeness (QED) is 0.499. The summed E-state index contributed by atoms with van der Waals surface area (Å²) in [5.41, 5.74) is 0.706. The highest BCUT2D eigenvalue weighted by atomic mass is 35.5. The Balaban J connectivity index is 3.89. The van der Waals surface area contributed by atoms with Gasteiger partial charge in [0.05, 0.1) is 0 Å². The summed E-state index contributed by atoms with van der Waals surface area (Å²) in [6.07, 6.45) is 0. The Hall–Kier alpha value is 0.684. The van der Waals surface area contributed by atoms with E-state index in [4.69, 9.17) is 15.7 Å². The van der Waals surface area contributed by atoms with Crippen molar-refractivity contribution in [2.75, 3.05) is 5.50 Å². The van der Waals surface area contributed by atoms with Crippen LogP contribution in [-0.4, -0.2) is 22.1 Å². The number of halogens is 1. The van der Waals surface area contributed by atoms with Crippen LogP contribution in [0.15, 0.2) is 0 Å². The van der Waals surface area contributed by atoms with Crippen molar-refractivity contribution >= 4 is 28.2 Å². The SMILES string of the molecule is C[Si](C)(C)O[Si](C)(C)CCl. The molecule has 62 valence electrons. The van der Waals surface area contributed by atoms with Crippen LogP contribution in [0.1, 0.15) is 0 Å². The number of hydrogen-bond donors (Lipinski definition) is 0. The standard InChI is InChI=1S/C6H17ClOSi2/c1-9(2,3)8-10(4,5)6-7/h6H2,1-5H3. The van der Waals surface area contributed by atoms with Gasteiger partial charge in [-0.05, 0) is 32.7 Å². The minimum absolute atomic E-state index is 0.706. The lowest BCUT2D eigenvalue weighted by atomic mass is 11.8. The highest BCUT2D eigenvalue weighted by Crippen LogP contribution is 2.14. The van der Waals surface area contributed by atoms with Crippen molar-refractivity contribution < 1.29 is 4.12 Å². The van der Waals surface area contributed by atoms with E-state index in [1.165, 1.54) is 0 Å². The third kappa shape index (κ3) is 5.47. The van der Waals surface area contributed by atoms with E-state index in [1.54, 1.807) is 0 Å². The van der Waals surface area contributed by atoms with E-state index in [2.05, 4.69) is 32.7 Å². The monoisotopic (exact) mass is 196 g/mol. The first kappa shape index (κ1) is 10.7. The molecule has 0 N–H and O–H groups in total. The fourth-order valence-corrected chi connectivity index (χ4v) is 8.20. The molecule has 0 saturated heterocycles. The van der Waals surface area contributed by atoms with Gasteiger partial charge in [0.2, 0.25) is 0 Å². The number of alkyl halides is 1. The van der Waals surface area contributed by atoms with E-state index >= 15 is 0 Å². The molecule has 0 amide bonds. The van der Waals surface area contributed by atoms with Crippen LogP contribution in [0.25, 0.3) is 0 Å². The van der Waals surface area contributed by atoms with Gasteiger partial charge in [-0.2, -0.15) is 0 Å². The molecule has 4 heteroatoms. The Morgan fingerprint density at radius 1 is 1.10 bits per heavy atom. The summed E-state index contributed by atoms with van der Waals surface area (Å²) in [5, 5.41) is 0. The van der Waals surface area contributed by atoms with Gasteiger partial charge in [-0.1, -0.05) is 0 Å². The summed E-state index contributed by atoms with van der Waals surface area (Å²) in [6.45, 7) is 10.9. The maximum absolute atomic E-state index is 5.92. The average Bonchev–Trinajstić information content (AvgIpc) is 1.60. The second-order valence-electron chi connectivity index (χ2n) is 4.11. The molecule has 10 heavy (non-hydrogen) atoms. The smallest absolute Gasteiger partial charge is 0.188 e. The summed E-state index contributed by atoms with van der Waals surface area (Å²) in [5.74, 6) is 0. The van der Waals surface area contributed by atoms with Gasteiger partial charge < -0.3 is 4.12 Å². The summed E-state index contributed by atoms with van der Waals surface area (Å²) in [4.78, 5) is 0. The van der Waals surface area contributed by atoms with Gasteiger partial charge in [-0.3, -0.25) is 0 Å². The molecule has 0 radical (unpaired) electrons. The fourth-order valence-electron chi connectivity index (χ4n) is 0.856. The number of rotatable bonds is 3. The Bertz CT molecular complexity index is 109. The topological polar surface area (TPSA) is 9.23 Å². The normalized spacial score (nSPS) is 13.8. The zero-order chi connectivity index (χ0) is 8.41. The van der Waals surface area contributed by atoms with Crippen LogP contribution in [0.4, 0.5) is 0 Å². The minimum Gasteiger partial charge on any atom is -0.455 e. The average molecular weight is 197 g/mol. The van der Waals surface area contributed by atoms with Gasteiger partial charge >= 0.3 is 0 Å². The Kier molecular flexibility index (Phi) is 3.62. The maximum atomic E-state index is 5.92. The van der Waals surface area contributed by atoms with Crippen LogP contribution in [0.3, 0.4) is 0 Å². The predicted molar refractivity (Wildman–Crippen MR) is 52.6 cm³/mol.